The van der Waals surface area contributed by atoms with E-state index in [1.165, 1.54) is 12.8 Å². The first kappa shape index (κ1) is 14.0. The summed E-state index contributed by atoms with van der Waals surface area (Å²) in [5, 5.41) is 2.91. The third kappa shape index (κ3) is 3.77. The average Bonchev–Trinajstić information content (AvgIpc) is 2.91. The Morgan fingerprint density at radius 1 is 1.53 bits per heavy atom. The maximum Gasteiger partial charge on any atom is 0.253 e. The number of anilines is 1. The summed E-state index contributed by atoms with van der Waals surface area (Å²) in [4.78, 5) is 16.4. The van der Waals surface area contributed by atoms with Gasteiger partial charge in [0.15, 0.2) is 0 Å². The fraction of sp³-hybridized carbons (Fsp3) is 0.600. The van der Waals surface area contributed by atoms with Crippen LogP contribution in [-0.4, -0.2) is 23.1 Å². The summed E-state index contributed by atoms with van der Waals surface area (Å²) < 4.78 is 5.90. The maximum atomic E-state index is 12.2. The highest BCUT2D eigenvalue weighted by atomic mass is 16.5. The van der Waals surface area contributed by atoms with Crippen molar-refractivity contribution in [3.8, 4) is 0 Å². The number of rotatable bonds is 5. The molecule has 1 saturated carbocycles. The van der Waals surface area contributed by atoms with Gasteiger partial charge in [-0.15, -0.1) is 0 Å². The molecule has 0 radical (unpaired) electrons. The Morgan fingerprint density at radius 3 is 2.89 bits per heavy atom. The Morgan fingerprint density at radius 2 is 2.26 bits per heavy atom. The summed E-state index contributed by atoms with van der Waals surface area (Å²) in [6.45, 7) is 3.86. The molecule has 1 amide bonds. The van der Waals surface area contributed by atoms with Crippen LogP contribution in [0.2, 0.25) is 0 Å². The summed E-state index contributed by atoms with van der Waals surface area (Å²) in [6, 6.07) is 3.68. The quantitative estimate of drug-likeness (QED) is 0.887. The van der Waals surface area contributed by atoms with Crippen LogP contribution in [0.1, 0.15) is 44.7 Å². The molecule has 0 aromatic carbocycles. The summed E-state index contributed by atoms with van der Waals surface area (Å²) in [6.07, 6.45) is 6.90. The summed E-state index contributed by atoms with van der Waals surface area (Å²) in [5.41, 5.74) is 1.59. The van der Waals surface area contributed by atoms with Crippen LogP contribution >= 0.6 is 0 Å². The number of ether oxygens (including phenoxy) is 1. The lowest BCUT2D eigenvalue weighted by atomic mass is 10.2. The number of hydrogen-bond donors (Lipinski definition) is 1. The Labute approximate surface area is 114 Å². The second-order valence-electron chi connectivity index (χ2n) is 5.07. The molecule has 1 aromatic heterocycles. The minimum Gasteiger partial charge on any atom is -0.365 e. The minimum absolute atomic E-state index is 0.0644. The van der Waals surface area contributed by atoms with Gasteiger partial charge < -0.3 is 10.1 Å². The number of amides is 1. The molecule has 19 heavy (non-hydrogen) atoms. The Bertz CT molecular complexity index is 428. The smallest absolute Gasteiger partial charge is 0.253 e. The molecule has 1 aliphatic rings. The van der Waals surface area contributed by atoms with E-state index in [4.69, 9.17) is 4.74 Å². The van der Waals surface area contributed by atoms with Crippen LogP contribution in [0.25, 0.3) is 0 Å². The third-order valence-electron chi connectivity index (χ3n) is 3.59. The molecule has 0 saturated heterocycles. The highest BCUT2D eigenvalue weighted by Gasteiger charge is 2.24. The molecule has 1 N–H and O–H groups in total. The van der Waals surface area contributed by atoms with Crippen molar-refractivity contribution in [2.24, 2.45) is 0 Å². The van der Waals surface area contributed by atoms with Crippen molar-refractivity contribution in [1.82, 2.24) is 4.98 Å². The molecule has 0 aliphatic heterocycles. The van der Waals surface area contributed by atoms with Gasteiger partial charge in [-0.3, -0.25) is 9.78 Å². The highest BCUT2D eigenvalue weighted by Crippen LogP contribution is 2.23. The third-order valence-corrected chi connectivity index (χ3v) is 3.59. The van der Waals surface area contributed by atoms with Gasteiger partial charge >= 0.3 is 0 Å². The van der Waals surface area contributed by atoms with E-state index in [0.29, 0.717) is 6.42 Å². The number of carbonyl (C=O) groups excluding carboxylic acids is 1. The van der Waals surface area contributed by atoms with Gasteiger partial charge in [-0.2, -0.15) is 0 Å². The number of aryl methyl sites for hydroxylation is 1. The molecule has 1 heterocycles. The molecule has 104 valence electrons. The second-order valence-corrected chi connectivity index (χ2v) is 5.07. The van der Waals surface area contributed by atoms with Crippen molar-refractivity contribution in [2.75, 3.05) is 5.32 Å². The number of aromatic nitrogens is 1. The first-order valence-corrected chi connectivity index (χ1v) is 7.08. The molecule has 2 rings (SSSR count). The van der Waals surface area contributed by atoms with E-state index in [1.807, 2.05) is 26.0 Å². The molecule has 0 bridgehead atoms. The highest BCUT2D eigenvalue weighted by molar-refractivity contribution is 5.94. The van der Waals surface area contributed by atoms with Crippen LogP contribution < -0.4 is 5.32 Å². The fourth-order valence-electron chi connectivity index (χ4n) is 2.43. The molecule has 1 fully saturated rings. The van der Waals surface area contributed by atoms with Gasteiger partial charge in [-0.1, -0.05) is 19.8 Å². The van der Waals surface area contributed by atoms with Gasteiger partial charge in [-0.25, -0.2) is 0 Å². The fourth-order valence-corrected chi connectivity index (χ4v) is 2.43. The van der Waals surface area contributed by atoms with Crippen molar-refractivity contribution in [1.29, 1.82) is 0 Å². The van der Waals surface area contributed by atoms with E-state index in [-0.39, 0.29) is 18.1 Å². The Kier molecular flexibility index (Phi) is 4.91. The van der Waals surface area contributed by atoms with Gasteiger partial charge in [0.2, 0.25) is 0 Å². The van der Waals surface area contributed by atoms with Gasteiger partial charge in [0.05, 0.1) is 17.5 Å². The molecule has 1 aliphatic carbocycles. The van der Waals surface area contributed by atoms with E-state index in [0.717, 1.165) is 24.2 Å². The first-order valence-electron chi connectivity index (χ1n) is 7.08. The maximum absolute atomic E-state index is 12.2. The van der Waals surface area contributed by atoms with Crippen molar-refractivity contribution < 1.29 is 9.53 Å². The molecular formula is C15H22N2O2. The number of carbonyl (C=O) groups is 1. The van der Waals surface area contributed by atoms with E-state index < -0.39 is 0 Å². The monoisotopic (exact) mass is 262 g/mol. The van der Waals surface area contributed by atoms with Crippen LogP contribution in [0.4, 0.5) is 5.69 Å². The van der Waals surface area contributed by atoms with Gasteiger partial charge in [0, 0.05) is 6.20 Å². The lowest BCUT2D eigenvalue weighted by molar-refractivity contribution is -0.131. The zero-order valence-electron chi connectivity index (χ0n) is 11.7. The second kappa shape index (κ2) is 6.66. The lowest BCUT2D eigenvalue weighted by Gasteiger charge is -2.20. The van der Waals surface area contributed by atoms with Crippen LogP contribution in [-0.2, 0) is 9.53 Å². The predicted octanol–water partition coefficient (Wildman–Crippen LogP) is 3.07. The van der Waals surface area contributed by atoms with Crippen molar-refractivity contribution >= 4 is 11.6 Å². The van der Waals surface area contributed by atoms with Gasteiger partial charge in [0.1, 0.15) is 6.10 Å². The van der Waals surface area contributed by atoms with E-state index >= 15 is 0 Å². The lowest BCUT2D eigenvalue weighted by Crippen LogP contribution is -2.33. The van der Waals surface area contributed by atoms with E-state index in [9.17, 15) is 4.79 Å². The summed E-state index contributed by atoms with van der Waals surface area (Å²) in [7, 11) is 0. The number of hydrogen-bond acceptors (Lipinski definition) is 3. The average molecular weight is 262 g/mol. The predicted molar refractivity (Wildman–Crippen MR) is 75.0 cm³/mol. The van der Waals surface area contributed by atoms with Crippen molar-refractivity contribution in [3.63, 3.8) is 0 Å². The Balaban J connectivity index is 1.94. The van der Waals surface area contributed by atoms with Gasteiger partial charge in [0.25, 0.3) is 5.91 Å². The van der Waals surface area contributed by atoms with E-state index in [1.54, 1.807) is 6.20 Å². The first-order chi connectivity index (χ1) is 9.20. The normalized spacial score (nSPS) is 17.4. The van der Waals surface area contributed by atoms with Gasteiger partial charge in [-0.05, 0) is 38.3 Å². The molecular weight excluding hydrogens is 240 g/mol. The number of pyridine rings is 1. The van der Waals surface area contributed by atoms with Crippen LogP contribution in [0.5, 0.6) is 0 Å². The minimum atomic E-state index is -0.359. The Hall–Kier alpha value is -1.42. The van der Waals surface area contributed by atoms with Crippen LogP contribution in [0.15, 0.2) is 18.3 Å². The summed E-state index contributed by atoms with van der Waals surface area (Å²) in [5.74, 6) is -0.0644. The molecule has 0 spiro atoms. The van der Waals surface area contributed by atoms with Crippen LogP contribution in [0.3, 0.4) is 0 Å². The zero-order chi connectivity index (χ0) is 13.7. The standard InChI is InChI=1S/C15H22N2O2/c1-3-14(19-12-7-4-5-8-12)15(18)17-13-9-6-10-16-11(13)2/h6,9-10,12,14H,3-5,7-8H2,1-2H3,(H,17,18)/t14-/m1/s1. The molecule has 0 unspecified atom stereocenters. The number of nitrogens with zero attached hydrogens (tertiary/aromatic N) is 1. The van der Waals surface area contributed by atoms with Crippen molar-refractivity contribution in [2.45, 2.75) is 58.2 Å². The van der Waals surface area contributed by atoms with Crippen LogP contribution in [0, 0.1) is 6.92 Å². The number of nitrogens with one attached hydrogen (secondary N) is 1. The molecule has 1 aromatic rings. The molecule has 4 nitrogen and oxygen atoms in total. The van der Waals surface area contributed by atoms with E-state index in [2.05, 4.69) is 10.3 Å². The largest absolute Gasteiger partial charge is 0.365 e. The molecule has 4 heteroatoms. The summed E-state index contributed by atoms with van der Waals surface area (Å²) >= 11 is 0. The molecule has 1 atom stereocenters. The SMILES string of the molecule is CC[C@@H](OC1CCCC1)C(=O)Nc1cccnc1C. The zero-order valence-corrected chi connectivity index (χ0v) is 11.7. The topological polar surface area (TPSA) is 51.2 Å². The van der Waals surface area contributed by atoms with Crippen molar-refractivity contribution in [3.05, 3.63) is 24.0 Å².